The average molecular weight is 435 g/mol. The van der Waals surface area contributed by atoms with Gasteiger partial charge in [0.15, 0.2) is 11.6 Å². The minimum Gasteiger partial charge on any atom is -0.493 e. The molecule has 178 valence electrons. The van der Waals surface area contributed by atoms with Crippen LogP contribution in [0, 0.1) is 17.7 Å². The number of benzene rings is 1. The Morgan fingerprint density at radius 2 is 1.29 bits per heavy atom. The summed E-state index contributed by atoms with van der Waals surface area (Å²) >= 11 is 0. The summed E-state index contributed by atoms with van der Waals surface area (Å²) in [5.74, 6) is 2.48. The van der Waals surface area contributed by atoms with Crippen LogP contribution in [0.4, 0.5) is 4.39 Å². The van der Waals surface area contributed by atoms with E-state index in [1.807, 2.05) is 6.07 Å². The van der Waals surface area contributed by atoms with E-state index in [4.69, 9.17) is 9.47 Å². The SMILES string of the molecule is CCCCCCCCOc1ccc(OCCCC2CCC(CCCCC)CC2)cc1F. The summed E-state index contributed by atoms with van der Waals surface area (Å²) in [6, 6.07) is 5.01. The standard InChI is InChI=1S/C28H47FO2/c1-3-5-7-8-9-11-21-31-28-20-19-26(23-27(28)29)30-22-12-14-25-17-15-24(16-18-25)13-10-6-4-2/h19-20,23-25H,3-18,21-22H2,1-2H3. The van der Waals surface area contributed by atoms with Crippen molar-refractivity contribution in [2.24, 2.45) is 11.8 Å². The Morgan fingerprint density at radius 1 is 0.710 bits per heavy atom. The Balaban J connectivity index is 1.54. The molecule has 0 radical (unpaired) electrons. The molecule has 3 heteroatoms. The van der Waals surface area contributed by atoms with Gasteiger partial charge in [0.1, 0.15) is 5.75 Å². The van der Waals surface area contributed by atoms with E-state index in [0.717, 1.165) is 31.1 Å². The van der Waals surface area contributed by atoms with Gasteiger partial charge in [-0.1, -0.05) is 97.3 Å². The topological polar surface area (TPSA) is 18.5 Å². The van der Waals surface area contributed by atoms with Crippen LogP contribution in [-0.4, -0.2) is 13.2 Å². The van der Waals surface area contributed by atoms with Crippen molar-refractivity contribution in [2.45, 2.75) is 117 Å². The number of halogens is 1. The highest BCUT2D eigenvalue weighted by molar-refractivity contribution is 5.33. The minimum absolute atomic E-state index is 0.315. The third-order valence-electron chi connectivity index (χ3n) is 6.87. The summed E-state index contributed by atoms with van der Waals surface area (Å²) in [5.41, 5.74) is 0. The largest absolute Gasteiger partial charge is 0.493 e. The summed E-state index contributed by atoms with van der Waals surface area (Å²) in [5, 5.41) is 0. The molecule has 0 saturated heterocycles. The van der Waals surface area contributed by atoms with Crippen molar-refractivity contribution < 1.29 is 13.9 Å². The van der Waals surface area contributed by atoms with Crippen LogP contribution >= 0.6 is 0 Å². The zero-order chi connectivity index (χ0) is 22.2. The number of rotatable bonds is 17. The molecular formula is C28H47FO2. The predicted molar refractivity (Wildman–Crippen MR) is 130 cm³/mol. The number of hydrogen-bond donors (Lipinski definition) is 0. The van der Waals surface area contributed by atoms with E-state index in [-0.39, 0.29) is 5.82 Å². The van der Waals surface area contributed by atoms with Gasteiger partial charge in [-0.3, -0.25) is 0 Å². The van der Waals surface area contributed by atoms with Crippen molar-refractivity contribution in [1.82, 2.24) is 0 Å². The molecule has 1 aromatic carbocycles. The van der Waals surface area contributed by atoms with E-state index in [1.54, 1.807) is 6.07 Å². The lowest BCUT2D eigenvalue weighted by atomic mass is 9.78. The van der Waals surface area contributed by atoms with Gasteiger partial charge in [0.25, 0.3) is 0 Å². The van der Waals surface area contributed by atoms with E-state index in [9.17, 15) is 4.39 Å². The molecular weight excluding hydrogens is 387 g/mol. The van der Waals surface area contributed by atoms with Crippen LogP contribution in [0.5, 0.6) is 11.5 Å². The second-order valence-corrected chi connectivity index (χ2v) is 9.58. The maximum absolute atomic E-state index is 14.3. The second-order valence-electron chi connectivity index (χ2n) is 9.58. The molecule has 0 amide bonds. The molecule has 0 spiro atoms. The van der Waals surface area contributed by atoms with Gasteiger partial charge in [-0.15, -0.1) is 0 Å². The highest BCUT2D eigenvalue weighted by Gasteiger charge is 2.20. The van der Waals surface area contributed by atoms with Crippen LogP contribution in [0.25, 0.3) is 0 Å². The molecule has 0 atom stereocenters. The molecule has 2 nitrogen and oxygen atoms in total. The highest BCUT2D eigenvalue weighted by Crippen LogP contribution is 2.34. The van der Waals surface area contributed by atoms with E-state index >= 15 is 0 Å². The molecule has 0 aliphatic heterocycles. The Labute approximate surface area is 191 Å². The number of ether oxygens (including phenoxy) is 2. The van der Waals surface area contributed by atoms with Gasteiger partial charge in [-0.05, 0) is 43.2 Å². The first kappa shape index (κ1) is 26.0. The van der Waals surface area contributed by atoms with Crippen LogP contribution in [0.3, 0.4) is 0 Å². The first-order chi connectivity index (χ1) is 15.2. The van der Waals surface area contributed by atoms with Crippen molar-refractivity contribution in [1.29, 1.82) is 0 Å². The third kappa shape index (κ3) is 11.3. The van der Waals surface area contributed by atoms with E-state index < -0.39 is 0 Å². The van der Waals surface area contributed by atoms with Crippen LogP contribution in [0.15, 0.2) is 18.2 Å². The fourth-order valence-corrected chi connectivity index (χ4v) is 4.81. The van der Waals surface area contributed by atoms with Crippen molar-refractivity contribution in [3.63, 3.8) is 0 Å². The third-order valence-corrected chi connectivity index (χ3v) is 6.87. The second kappa shape index (κ2) is 16.4. The highest BCUT2D eigenvalue weighted by atomic mass is 19.1. The van der Waals surface area contributed by atoms with Crippen molar-refractivity contribution in [3.8, 4) is 11.5 Å². The summed E-state index contributed by atoms with van der Waals surface area (Å²) in [6.45, 7) is 5.77. The van der Waals surface area contributed by atoms with Crippen molar-refractivity contribution in [2.75, 3.05) is 13.2 Å². The molecule has 1 aliphatic rings. The summed E-state index contributed by atoms with van der Waals surface area (Å²) < 4.78 is 25.7. The first-order valence-corrected chi connectivity index (χ1v) is 13.3. The lowest BCUT2D eigenvalue weighted by Gasteiger charge is -2.28. The lowest BCUT2D eigenvalue weighted by Crippen LogP contribution is -2.15. The normalized spacial score (nSPS) is 18.8. The zero-order valence-corrected chi connectivity index (χ0v) is 20.3. The predicted octanol–water partition coefficient (Wildman–Crippen LogP) is 9.11. The van der Waals surface area contributed by atoms with Gasteiger partial charge < -0.3 is 9.47 Å². The molecule has 1 aromatic rings. The summed E-state index contributed by atoms with van der Waals surface area (Å²) in [7, 11) is 0. The van der Waals surface area contributed by atoms with E-state index in [1.165, 1.54) is 89.5 Å². The zero-order valence-electron chi connectivity index (χ0n) is 20.3. The number of unbranched alkanes of at least 4 members (excludes halogenated alkanes) is 7. The first-order valence-electron chi connectivity index (χ1n) is 13.3. The van der Waals surface area contributed by atoms with Crippen LogP contribution in [0.1, 0.15) is 117 Å². The molecule has 31 heavy (non-hydrogen) atoms. The number of hydrogen-bond acceptors (Lipinski definition) is 2. The van der Waals surface area contributed by atoms with Crippen LogP contribution in [0.2, 0.25) is 0 Å². The Kier molecular flexibility index (Phi) is 13.8. The maximum Gasteiger partial charge on any atom is 0.168 e. The van der Waals surface area contributed by atoms with Gasteiger partial charge in [0.2, 0.25) is 0 Å². The Morgan fingerprint density at radius 3 is 1.97 bits per heavy atom. The summed E-state index contributed by atoms with van der Waals surface area (Å²) in [6.07, 6.45) is 20.7. The van der Waals surface area contributed by atoms with Gasteiger partial charge >= 0.3 is 0 Å². The molecule has 0 aromatic heterocycles. The van der Waals surface area contributed by atoms with Gasteiger partial charge in [-0.2, -0.15) is 0 Å². The molecule has 0 unspecified atom stereocenters. The fraction of sp³-hybridized carbons (Fsp3) is 0.786. The van der Waals surface area contributed by atoms with Gasteiger partial charge in [0, 0.05) is 6.07 Å². The minimum atomic E-state index is -0.315. The molecule has 0 N–H and O–H groups in total. The molecule has 1 saturated carbocycles. The van der Waals surface area contributed by atoms with Gasteiger partial charge in [-0.25, -0.2) is 4.39 Å². The quantitative estimate of drug-likeness (QED) is 0.228. The van der Waals surface area contributed by atoms with Gasteiger partial charge in [0.05, 0.1) is 13.2 Å². The van der Waals surface area contributed by atoms with E-state index in [0.29, 0.717) is 24.7 Å². The smallest absolute Gasteiger partial charge is 0.168 e. The molecule has 0 bridgehead atoms. The molecule has 2 rings (SSSR count). The molecule has 0 heterocycles. The van der Waals surface area contributed by atoms with E-state index in [2.05, 4.69) is 13.8 Å². The Bertz CT molecular complexity index is 566. The molecule has 1 fully saturated rings. The van der Waals surface area contributed by atoms with Crippen LogP contribution in [-0.2, 0) is 0 Å². The van der Waals surface area contributed by atoms with Crippen molar-refractivity contribution in [3.05, 3.63) is 24.0 Å². The average Bonchev–Trinajstić information content (AvgIpc) is 2.78. The Hall–Kier alpha value is -1.25. The summed E-state index contributed by atoms with van der Waals surface area (Å²) in [4.78, 5) is 0. The fourth-order valence-electron chi connectivity index (χ4n) is 4.81. The van der Waals surface area contributed by atoms with Crippen LogP contribution < -0.4 is 9.47 Å². The maximum atomic E-state index is 14.3. The monoisotopic (exact) mass is 434 g/mol. The molecule has 1 aliphatic carbocycles. The lowest BCUT2D eigenvalue weighted by molar-refractivity contribution is 0.227. The van der Waals surface area contributed by atoms with Crippen molar-refractivity contribution >= 4 is 0 Å².